The summed E-state index contributed by atoms with van der Waals surface area (Å²) in [5.74, 6) is -0.558. The molecule has 2 N–H and O–H groups in total. The minimum Gasteiger partial charge on any atom is -0.394 e. The molecule has 1 amide bonds. The minimum absolute atomic E-state index is 0.0787. The first-order chi connectivity index (χ1) is 11.1. The van der Waals surface area contributed by atoms with E-state index in [0.717, 1.165) is 5.56 Å². The third-order valence-electron chi connectivity index (χ3n) is 3.08. The second-order valence-corrected chi connectivity index (χ2v) is 5.49. The van der Waals surface area contributed by atoms with Crippen LogP contribution in [-0.2, 0) is 4.79 Å². The van der Waals surface area contributed by atoms with E-state index in [1.54, 1.807) is 30.3 Å². The summed E-state index contributed by atoms with van der Waals surface area (Å²) in [5, 5.41) is 21.3. The summed E-state index contributed by atoms with van der Waals surface area (Å²) >= 11 is 3.24. The Morgan fingerprint density at radius 3 is 2.65 bits per heavy atom. The van der Waals surface area contributed by atoms with Crippen LogP contribution in [0.5, 0.6) is 0 Å². The second-order valence-electron chi connectivity index (χ2n) is 4.67. The van der Waals surface area contributed by atoms with Crippen molar-refractivity contribution in [3.63, 3.8) is 0 Å². The van der Waals surface area contributed by atoms with Crippen LogP contribution in [0.25, 0.3) is 6.08 Å². The Kier molecular flexibility index (Phi) is 6.03. The number of amides is 1. The van der Waals surface area contributed by atoms with E-state index in [1.165, 1.54) is 6.08 Å². The number of benzene rings is 1. The van der Waals surface area contributed by atoms with E-state index in [-0.39, 0.29) is 12.2 Å². The Balaban J connectivity index is 2.18. The fourth-order valence-corrected chi connectivity index (χ4v) is 2.31. The number of aliphatic hydroxyl groups excluding tert-OH is 1. The highest BCUT2D eigenvalue weighted by Crippen LogP contribution is 2.14. The van der Waals surface area contributed by atoms with Crippen molar-refractivity contribution >= 4 is 27.9 Å². The number of hydrogen-bond donors (Lipinski definition) is 2. The Morgan fingerprint density at radius 2 is 2.04 bits per heavy atom. The number of rotatable bonds is 5. The largest absolute Gasteiger partial charge is 0.394 e. The molecule has 1 aromatic heterocycles. The van der Waals surface area contributed by atoms with E-state index in [4.69, 9.17) is 0 Å². The molecule has 0 radical (unpaired) electrons. The Bertz CT molecular complexity index is 754. The van der Waals surface area contributed by atoms with Gasteiger partial charge in [0.2, 0.25) is 0 Å². The number of hydrogen-bond acceptors (Lipinski definition) is 4. The maximum Gasteiger partial charge on any atom is 0.262 e. The molecule has 6 heteroatoms. The molecule has 0 bridgehead atoms. The predicted molar refractivity (Wildman–Crippen MR) is 89.9 cm³/mol. The zero-order chi connectivity index (χ0) is 16.7. The van der Waals surface area contributed by atoms with Crippen LogP contribution in [0, 0.1) is 11.3 Å². The highest BCUT2D eigenvalue weighted by atomic mass is 79.9. The topological polar surface area (TPSA) is 86.0 Å². The Hall–Kier alpha value is -2.49. The average Bonchev–Trinajstić information content (AvgIpc) is 2.58. The zero-order valence-electron chi connectivity index (χ0n) is 12.1. The first kappa shape index (κ1) is 16.9. The number of nitriles is 1. The number of nitrogens with zero attached hydrogens (tertiary/aromatic N) is 2. The third kappa shape index (κ3) is 4.74. The van der Waals surface area contributed by atoms with Gasteiger partial charge >= 0.3 is 0 Å². The van der Waals surface area contributed by atoms with Crippen LogP contribution in [0.1, 0.15) is 17.3 Å². The Labute approximate surface area is 142 Å². The fourth-order valence-electron chi connectivity index (χ4n) is 1.96. The van der Waals surface area contributed by atoms with Gasteiger partial charge in [-0.25, -0.2) is 4.98 Å². The number of halogens is 1. The van der Waals surface area contributed by atoms with Crippen molar-refractivity contribution in [1.29, 1.82) is 5.26 Å². The average molecular weight is 372 g/mol. The maximum atomic E-state index is 12.3. The molecule has 1 unspecified atom stereocenters. The van der Waals surface area contributed by atoms with Gasteiger partial charge in [0.15, 0.2) is 0 Å². The van der Waals surface area contributed by atoms with Crippen LogP contribution < -0.4 is 5.32 Å². The molecule has 1 aromatic carbocycles. The van der Waals surface area contributed by atoms with Gasteiger partial charge in [0.25, 0.3) is 5.91 Å². The molecule has 2 aromatic rings. The molecule has 0 spiro atoms. The molecule has 23 heavy (non-hydrogen) atoms. The molecule has 5 nitrogen and oxygen atoms in total. The quantitative estimate of drug-likeness (QED) is 0.480. The number of aromatic nitrogens is 1. The molecule has 1 heterocycles. The van der Waals surface area contributed by atoms with Crippen LogP contribution in [0.3, 0.4) is 0 Å². The van der Waals surface area contributed by atoms with Crippen molar-refractivity contribution in [2.24, 2.45) is 0 Å². The summed E-state index contributed by atoms with van der Waals surface area (Å²) in [7, 11) is 0. The summed E-state index contributed by atoms with van der Waals surface area (Å²) in [5.41, 5.74) is 1.18. The van der Waals surface area contributed by atoms with Crippen LogP contribution in [-0.4, -0.2) is 22.6 Å². The summed E-state index contributed by atoms with van der Waals surface area (Å²) in [6.45, 7) is -0.260. The summed E-state index contributed by atoms with van der Waals surface area (Å²) in [6.07, 6.45) is 1.40. The Morgan fingerprint density at radius 1 is 1.30 bits per heavy atom. The monoisotopic (exact) mass is 371 g/mol. The van der Waals surface area contributed by atoms with Crippen LogP contribution >= 0.6 is 15.9 Å². The standard InChI is InChI=1S/C17H14BrN3O2/c18-16-8-4-7-14(20-16)9-13(10-19)17(23)21-15(11-22)12-5-2-1-3-6-12/h1-9,15,22H,11H2,(H,21,23). The van der Waals surface area contributed by atoms with E-state index in [2.05, 4.69) is 26.2 Å². The van der Waals surface area contributed by atoms with Crippen molar-refractivity contribution in [3.8, 4) is 6.07 Å². The SMILES string of the molecule is N#CC(=Cc1cccc(Br)n1)C(=O)NC(CO)c1ccccc1. The van der Waals surface area contributed by atoms with Gasteiger partial charge in [-0.3, -0.25) is 4.79 Å². The lowest BCUT2D eigenvalue weighted by Gasteiger charge is -2.16. The number of aliphatic hydroxyl groups is 1. The number of pyridine rings is 1. The molecule has 2 rings (SSSR count). The minimum atomic E-state index is -0.573. The van der Waals surface area contributed by atoms with Gasteiger partial charge in [-0.1, -0.05) is 36.4 Å². The van der Waals surface area contributed by atoms with Gasteiger partial charge in [-0.2, -0.15) is 5.26 Å². The first-order valence-electron chi connectivity index (χ1n) is 6.85. The van der Waals surface area contributed by atoms with Crippen molar-refractivity contribution < 1.29 is 9.90 Å². The van der Waals surface area contributed by atoms with Gasteiger partial charge in [0.05, 0.1) is 18.3 Å². The molecule has 116 valence electrons. The summed E-state index contributed by atoms with van der Waals surface area (Å²) < 4.78 is 0.612. The van der Waals surface area contributed by atoms with E-state index in [1.807, 2.05) is 24.3 Å². The summed E-state index contributed by atoms with van der Waals surface area (Å²) in [4.78, 5) is 16.4. The van der Waals surface area contributed by atoms with Gasteiger partial charge < -0.3 is 10.4 Å². The molecular weight excluding hydrogens is 358 g/mol. The van der Waals surface area contributed by atoms with Crippen LogP contribution in [0.15, 0.2) is 58.7 Å². The number of carbonyl (C=O) groups excluding carboxylic acids is 1. The van der Waals surface area contributed by atoms with Gasteiger partial charge in [0.1, 0.15) is 16.2 Å². The highest BCUT2D eigenvalue weighted by molar-refractivity contribution is 9.10. The molecule has 0 fully saturated rings. The molecule has 0 saturated heterocycles. The van der Waals surface area contributed by atoms with Crippen molar-refractivity contribution in [2.45, 2.75) is 6.04 Å². The van der Waals surface area contributed by atoms with Gasteiger partial charge in [0, 0.05) is 0 Å². The summed E-state index contributed by atoms with van der Waals surface area (Å²) in [6, 6.07) is 15.6. The van der Waals surface area contributed by atoms with Crippen LogP contribution in [0.4, 0.5) is 0 Å². The second kappa shape index (κ2) is 8.22. The molecule has 1 atom stereocenters. The normalized spacial score (nSPS) is 12.3. The number of nitrogens with one attached hydrogen (secondary N) is 1. The maximum absolute atomic E-state index is 12.3. The van der Waals surface area contributed by atoms with E-state index in [9.17, 15) is 15.2 Å². The molecule has 0 saturated carbocycles. The van der Waals surface area contributed by atoms with E-state index < -0.39 is 11.9 Å². The smallest absolute Gasteiger partial charge is 0.262 e. The van der Waals surface area contributed by atoms with Crippen molar-refractivity contribution in [2.75, 3.05) is 6.61 Å². The first-order valence-corrected chi connectivity index (χ1v) is 7.64. The lowest BCUT2D eigenvalue weighted by molar-refractivity contribution is -0.118. The van der Waals surface area contributed by atoms with Gasteiger partial charge in [-0.15, -0.1) is 0 Å². The molecular formula is C17H14BrN3O2. The van der Waals surface area contributed by atoms with Gasteiger partial charge in [-0.05, 0) is 39.7 Å². The number of carbonyl (C=O) groups is 1. The molecule has 0 aliphatic carbocycles. The van der Waals surface area contributed by atoms with Crippen molar-refractivity contribution in [3.05, 3.63) is 70.0 Å². The third-order valence-corrected chi connectivity index (χ3v) is 3.53. The van der Waals surface area contributed by atoms with Crippen LogP contribution in [0.2, 0.25) is 0 Å². The van der Waals surface area contributed by atoms with E-state index in [0.29, 0.717) is 10.3 Å². The highest BCUT2D eigenvalue weighted by Gasteiger charge is 2.16. The lowest BCUT2D eigenvalue weighted by Crippen LogP contribution is -2.31. The molecule has 0 aliphatic rings. The van der Waals surface area contributed by atoms with Crippen molar-refractivity contribution in [1.82, 2.24) is 10.3 Å². The lowest BCUT2D eigenvalue weighted by atomic mass is 10.1. The predicted octanol–water partition coefficient (Wildman–Crippen LogP) is 2.60. The van der Waals surface area contributed by atoms with E-state index >= 15 is 0 Å². The molecule has 0 aliphatic heterocycles. The zero-order valence-corrected chi connectivity index (χ0v) is 13.7. The fraction of sp³-hybridized carbons (Fsp3) is 0.118.